The van der Waals surface area contributed by atoms with Gasteiger partial charge >= 0.3 is 0 Å². The second-order valence-electron chi connectivity index (χ2n) is 2.12. The maximum atomic E-state index is 4.13. The summed E-state index contributed by atoms with van der Waals surface area (Å²) in [7, 11) is 0. The van der Waals surface area contributed by atoms with Crippen LogP contribution in [-0.2, 0) is 0 Å². The Hall–Kier alpha value is -1.23. The van der Waals surface area contributed by atoms with Gasteiger partial charge in [-0.1, -0.05) is 0 Å². The van der Waals surface area contributed by atoms with Crippen molar-refractivity contribution in [3.05, 3.63) is 16.7 Å². The average molecular weight is 166 g/mol. The molecule has 0 amide bonds. The maximum absolute atomic E-state index is 4.13. The van der Waals surface area contributed by atoms with Crippen LogP contribution in [0.5, 0.6) is 0 Å². The van der Waals surface area contributed by atoms with Crippen LogP contribution in [0.15, 0.2) is 10.9 Å². The Bertz CT molecular complexity index is 337. The third kappa shape index (κ3) is 1.14. The van der Waals surface area contributed by atoms with E-state index in [1.165, 1.54) is 11.3 Å². The summed E-state index contributed by atoms with van der Waals surface area (Å²) in [5, 5.41) is 8.65. The van der Waals surface area contributed by atoms with E-state index < -0.39 is 0 Å². The molecule has 1 N–H and O–H groups in total. The van der Waals surface area contributed by atoms with Crippen LogP contribution in [0.2, 0.25) is 0 Å². The summed E-state index contributed by atoms with van der Waals surface area (Å²) in [6, 6.07) is 0. The highest BCUT2D eigenvalue weighted by Gasteiger charge is 2.03. The van der Waals surface area contributed by atoms with Gasteiger partial charge in [0.1, 0.15) is 11.5 Å². The predicted molar refractivity (Wildman–Crippen MR) is 42.2 cm³/mol. The number of nitrogens with one attached hydrogen (secondary N) is 1. The molecule has 0 radical (unpaired) electrons. The first-order valence-electron chi connectivity index (χ1n) is 3.14. The van der Waals surface area contributed by atoms with Crippen LogP contribution in [0.25, 0.3) is 11.5 Å². The smallest absolute Gasteiger partial charge is 0.200 e. The molecule has 0 bridgehead atoms. The zero-order valence-corrected chi connectivity index (χ0v) is 6.72. The summed E-state index contributed by atoms with van der Waals surface area (Å²) in [5.74, 6) is 1.48. The van der Waals surface area contributed by atoms with Crippen molar-refractivity contribution in [2.75, 3.05) is 0 Å². The van der Waals surface area contributed by atoms with Gasteiger partial charge in [-0.05, 0) is 6.92 Å². The average Bonchev–Trinajstić information content (AvgIpc) is 2.55. The number of H-pyrrole nitrogens is 1. The van der Waals surface area contributed by atoms with Gasteiger partial charge in [0.25, 0.3) is 0 Å². The van der Waals surface area contributed by atoms with Gasteiger partial charge in [-0.3, -0.25) is 5.10 Å². The van der Waals surface area contributed by atoms with Crippen molar-refractivity contribution >= 4 is 11.3 Å². The number of nitrogens with zero attached hydrogens (tertiary/aromatic N) is 3. The Kier molecular flexibility index (Phi) is 1.43. The molecule has 2 aromatic heterocycles. The number of hydrogen-bond donors (Lipinski definition) is 1. The highest BCUT2D eigenvalue weighted by atomic mass is 32.1. The van der Waals surface area contributed by atoms with Crippen LogP contribution in [-0.4, -0.2) is 20.2 Å². The molecule has 2 aromatic rings. The molecular weight excluding hydrogens is 160 g/mol. The van der Waals surface area contributed by atoms with Crippen molar-refractivity contribution < 1.29 is 0 Å². The SMILES string of the molecule is Cc1nc(-c2cscn2)n[nH]1. The maximum Gasteiger partial charge on any atom is 0.200 e. The lowest BCUT2D eigenvalue weighted by Gasteiger charge is -1.81. The molecule has 4 nitrogen and oxygen atoms in total. The molecule has 0 aliphatic heterocycles. The third-order valence-electron chi connectivity index (χ3n) is 1.26. The summed E-state index contributed by atoms with van der Waals surface area (Å²) in [4.78, 5) is 8.20. The van der Waals surface area contributed by atoms with Gasteiger partial charge in [0.2, 0.25) is 5.82 Å². The van der Waals surface area contributed by atoms with Crippen LogP contribution >= 0.6 is 11.3 Å². The van der Waals surface area contributed by atoms with Gasteiger partial charge in [0.15, 0.2) is 0 Å². The van der Waals surface area contributed by atoms with E-state index in [1.54, 1.807) is 5.51 Å². The highest BCUT2D eigenvalue weighted by Crippen LogP contribution is 2.13. The van der Waals surface area contributed by atoms with Crippen LogP contribution in [0.4, 0.5) is 0 Å². The van der Waals surface area contributed by atoms with Crippen molar-refractivity contribution in [2.24, 2.45) is 0 Å². The van der Waals surface area contributed by atoms with Crippen molar-refractivity contribution in [1.29, 1.82) is 0 Å². The molecule has 0 unspecified atom stereocenters. The molecule has 56 valence electrons. The van der Waals surface area contributed by atoms with Crippen LogP contribution < -0.4 is 0 Å². The number of aromatic nitrogens is 4. The van der Waals surface area contributed by atoms with E-state index in [0.717, 1.165) is 11.5 Å². The Balaban J connectivity index is 2.45. The molecule has 0 saturated heterocycles. The van der Waals surface area contributed by atoms with Crippen molar-refractivity contribution in [1.82, 2.24) is 20.2 Å². The zero-order valence-electron chi connectivity index (χ0n) is 5.90. The molecule has 0 saturated carbocycles. The standard InChI is InChI=1S/C6H6N4S/c1-4-8-6(10-9-4)5-2-11-3-7-5/h2-3H,1H3,(H,8,9,10). The van der Waals surface area contributed by atoms with E-state index in [1.807, 2.05) is 12.3 Å². The number of aromatic amines is 1. The molecule has 2 heterocycles. The molecule has 0 atom stereocenters. The van der Waals surface area contributed by atoms with Gasteiger partial charge in [-0.2, -0.15) is 5.10 Å². The topological polar surface area (TPSA) is 54.5 Å². The second-order valence-corrected chi connectivity index (χ2v) is 2.84. The van der Waals surface area contributed by atoms with Gasteiger partial charge in [0.05, 0.1) is 5.51 Å². The Morgan fingerprint density at radius 1 is 1.55 bits per heavy atom. The van der Waals surface area contributed by atoms with Crippen molar-refractivity contribution in [2.45, 2.75) is 6.92 Å². The highest BCUT2D eigenvalue weighted by molar-refractivity contribution is 7.07. The fourth-order valence-electron chi connectivity index (χ4n) is 0.780. The number of hydrogen-bond acceptors (Lipinski definition) is 4. The van der Waals surface area contributed by atoms with E-state index in [0.29, 0.717) is 5.82 Å². The molecule has 0 fully saturated rings. The van der Waals surface area contributed by atoms with E-state index in [-0.39, 0.29) is 0 Å². The van der Waals surface area contributed by atoms with Gasteiger partial charge < -0.3 is 0 Å². The van der Waals surface area contributed by atoms with Crippen LogP contribution in [0.3, 0.4) is 0 Å². The summed E-state index contributed by atoms with van der Waals surface area (Å²) >= 11 is 1.54. The van der Waals surface area contributed by atoms with Gasteiger partial charge in [-0.25, -0.2) is 9.97 Å². The van der Waals surface area contributed by atoms with E-state index in [9.17, 15) is 0 Å². The monoisotopic (exact) mass is 166 g/mol. The molecule has 5 heteroatoms. The largest absolute Gasteiger partial charge is 0.263 e. The summed E-state index contributed by atoms with van der Waals surface area (Å²) < 4.78 is 0. The Morgan fingerprint density at radius 3 is 3.00 bits per heavy atom. The second kappa shape index (κ2) is 2.43. The quantitative estimate of drug-likeness (QED) is 0.693. The van der Waals surface area contributed by atoms with Crippen LogP contribution in [0.1, 0.15) is 5.82 Å². The minimum atomic E-state index is 0.670. The first kappa shape index (κ1) is 6.48. The predicted octanol–water partition coefficient (Wildman–Crippen LogP) is 1.24. The molecule has 0 aromatic carbocycles. The third-order valence-corrected chi connectivity index (χ3v) is 1.85. The van der Waals surface area contributed by atoms with Crippen molar-refractivity contribution in [3.8, 4) is 11.5 Å². The van der Waals surface area contributed by atoms with E-state index in [4.69, 9.17) is 0 Å². The summed E-state index contributed by atoms with van der Waals surface area (Å²) in [5.41, 5.74) is 2.60. The molecule has 0 aliphatic carbocycles. The van der Waals surface area contributed by atoms with E-state index in [2.05, 4.69) is 20.2 Å². The number of rotatable bonds is 1. The summed E-state index contributed by atoms with van der Waals surface area (Å²) in [6.07, 6.45) is 0. The number of aryl methyl sites for hydroxylation is 1. The van der Waals surface area contributed by atoms with Gasteiger partial charge in [0, 0.05) is 5.38 Å². The van der Waals surface area contributed by atoms with Crippen LogP contribution in [0, 0.1) is 6.92 Å². The first-order chi connectivity index (χ1) is 5.36. The fraction of sp³-hybridized carbons (Fsp3) is 0.167. The van der Waals surface area contributed by atoms with Crippen molar-refractivity contribution in [3.63, 3.8) is 0 Å². The molecule has 0 spiro atoms. The fourth-order valence-corrected chi connectivity index (χ4v) is 1.31. The minimum Gasteiger partial charge on any atom is -0.263 e. The molecule has 2 rings (SSSR count). The van der Waals surface area contributed by atoms with E-state index >= 15 is 0 Å². The number of thiazole rings is 1. The normalized spacial score (nSPS) is 10.3. The lowest BCUT2D eigenvalue weighted by Crippen LogP contribution is -1.78. The lowest BCUT2D eigenvalue weighted by atomic mass is 10.5. The molecular formula is C6H6N4S. The molecule has 11 heavy (non-hydrogen) atoms. The zero-order chi connectivity index (χ0) is 7.68. The summed E-state index contributed by atoms with van der Waals surface area (Å²) in [6.45, 7) is 1.86. The lowest BCUT2D eigenvalue weighted by molar-refractivity contribution is 1.04. The molecule has 0 aliphatic rings. The Morgan fingerprint density at radius 2 is 2.45 bits per heavy atom. The minimum absolute atomic E-state index is 0.670. The Labute approximate surface area is 67.3 Å². The van der Waals surface area contributed by atoms with Gasteiger partial charge in [-0.15, -0.1) is 11.3 Å². The first-order valence-corrected chi connectivity index (χ1v) is 4.08.